The van der Waals surface area contributed by atoms with E-state index in [0.717, 1.165) is 6.04 Å². The van der Waals surface area contributed by atoms with Gasteiger partial charge in [-0.2, -0.15) is 0 Å². The minimum atomic E-state index is -1.39. The first-order valence-electron chi connectivity index (χ1n) is 4.93. The Hall–Kier alpha value is -0.343. The van der Waals surface area contributed by atoms with Crippen molar-refractivity contribution in [3.05, 3.63) is 23.3 Å². The van der Waals surface area contributed by atoms with Gasteiger partial charge in [0.1, 0.15) is 0 Å². The SMILES string of the molecule is C/C=C(\C)[C@@H]1O[Si](C)(C)CC=C1C. The zero-order valence-corrected chi connectivity index (χ0v) is 10.3. The Balaban J connectivity index is 2.86. The second-order valence-corrected chi connectivity index (χ2v) is 8.61. The molecule has 0 N–H and O–H groups in total. The molecule has 74 valence electrons. The van der Waals surface area contributed by atoms with Gasteiger partial charge in [-0.05, 0) is 51.1 Å². The molecule has 1 rings (SSSR count). The Morgan fingerprint density at radius 3 is 2.77 bits per heavy atom. The van der Waals surface area contributed by atoms with Crippen LogP contribution in [0.25, 0.3) is 0 Å². The first-order chi connectivity index (χ1) is 5.96. The van der Waals surface area contributed by atoms with Crippen LogP contribution in [0.5, 0.6) is 0 Å². The predicted molar refractivity (Wildman–Crippen MR) is 60.4 cm³/mol. The normalized spacial score (nSPS) is 28.5. The third-order valence-electron chi connectivity index (χ3n) is 2.63. The first kappa shape index (κ1) is 10.7. The molecule has 2 heteroatoms. The van der Waals surface area contributed by atoms with Crippen LogP contribution in [0.3, 0.4) is 0 Å². The quantitative estimate of drug-likeness (QED) is 0.461. The summed E-state index contributed by atoms with van der Waals surface area (Å²) in [4.78, 5) is 0. The van der Waals surface area contributed by atoms with Crippen molar-refractivity contribution >= 4 is 8.32 Å². The maximum Gasteiger partial charge on any atom is 0.191 e. The standard InChI is InChI=1S/C11H20OSi/c1-6-9(2)11-10(3)7-8-13(4,5)12-11/h6-7,11H,8H2,1-5H3/b9-6+/t11-/m0/s1. The van der Waals surface area contributed by atoms with Crippen molar-refractivity contribution in [2.24, 2.45) is 0 Å². The van der Waals surface area contributed by atoms with Crippen molar-refractivity contribution in [1.82, 2.24) is 0 Å². The molecule has 1 aliphatic heterocycles. The van der Waals surface area contributed by atoms with Crippen molar-refractivity contribution < 1.29 is 4.43 Å². The van der Waals surface area contributed by atoms with E-state index in [9.17, 15) is 0 Å². The third kappa shape index (κ3) is 2.55. The van der Waals surface area contributed by atoms with Gasteiger partial charge in [0, 0.05) is 0 Å². The minimum absolute atomic E-state index is 0.264. The molecule has 1 aliphatic rings. The number of hydrogen-bond acceptors (Lipinski definition) is 1. The third-order valence-corrected chi connectivity index (χ3v) is 4.70. The highest BCUT2D eigenvalue weighted by Crippen LogP contribution is 2.28. The van der Waals surface area contributed by atoms with Gasteiger partial charge in [-0.15, -0.1) is 0 Å². The lowest BCUT2D eigenvalue weighted by Gasteiger charge is -2.34. The van der Waals surface area contributed by atoms with E-state index >= 15 is 0 Å². The summed E-state index contributed by atoms with van der Waals surface area (Å²) in [6.07, 6.45) is 4.77. The summed E-state index contributed by atoms with van der Waals surface area (Å²) in [7, 11) is -1.39. The maximum atomic E-state index is 6.14. The van der Waals surface area contributed by atoms with Gasteiger partial charge in [-0.3, -0.25) is 0 Å². The van der Waals surface area contributed by atoms with E-state index in [0.29, 0.717) is 0 Å². The molecule has 0 saturated heterocycles. The van der Waals surface area contributed by atoms with Crippen LogP contribution in [0, 0.1) is 0 Å². The average molecular weight is 196 g/mol. The lowest BCUT2D eigenvalue weighted by Crippen LogP contribution is -2.39. The lowest BCUT2D eigenvalue weighted by atomic mass is 10.0. The highest BCUT2D eigenvalue weighted by Gasteiger charge is 2.30. The van der Waals surface area contributed by atoms with E-state index in [4.69, 9.17) is 4.43 Å². The summed E-state index contributed by atoms with van der Waals surface area (Å²) in [6, 6.07) is 1.16. The highest BCUT2D eigenvalue weighted by atomic mass is 28.4. The molecule has 0 radical (unpaired) electrons. The average Bonchev–Trinajstić information content (AvgIpc) is 2.08. The molecule has 0 aromatic carbocycles. The summed E-state index contributed by atoms with van der Waals surface area (Å²) < 4.78 is 6.14. The smallest absolute Gasteiger partial charge is 0.191 e. The molecule has 0 aromatic heterocycles. The van der Waals surface area contributed by atoms with Crippen LogP contribution < -0.4 is 0 Å². The minimum Gasteiger partial charge on any atom is -0.407 e. The molecule has 0 spiro atoms. The van der Waals surface area contributed by atoms with E-state index in [1.807, 2.05) is 0 Å². The topological polar surface area (TPSA) is 9.23 Å². The van der Waals surface area contributed by atoms with Crippen molar-refractivity contribution in [3.63, 3.8) is 0 Å². The van der Waals surface area contributed by atoms with Gasteiger partial charge in [0.15, 0.2) is 8.32 Å². The number of hydrogen-bond donors (Lipinski definition) is 0. The van der Waals surface area contributed by atoms with Gasteiger partial charge in [0.2, 0.25) is 0 Å². The van der Waals surface area contributed by atoms with Gasteiger partial charge >= 0.3 is 0 Å². The molecule has 1 heterocycles. The van der Waals surface area contributed by atoms with Crippen LogP contribution in [-0.4, -0.2) is 14.4 Å². The first-order valence-corrected chi connectivity index (χ1v) is 8.05. The van der Waals surface area contributed by atoms with Gasteiger partial charge in [-0.1, -0.05) is 12.2 Å². The summed E-state index contributed by atoms with van der Waals surface area (Å²) in [5, 5.41) is 0. The fourth-order valence-corrected chi connectivity index (χ4v) is 3.50. The maximum absolute atomic E-state index is 6.14. The van der Waals surface area contributed by atoms with Crippen molar-refractivity contribution in [3.8, 4) is 0 Å². The summed E-state index contributed by atoms with van der Waals surface area (Å²) >= 11 is 0. The van der Waals surface area contributed by atoms with E-state index in [1.165, 1.54) is 11.1 Å². The van der Waals surface area contributed by atoms with Crippen molar-refractivity contribution in [1.29, 1.82) is 0 Å². The second kappa shape index (κ2) is 3.80. The monoisotopic (exact) mass is 196 g/mol. The molecular formula is C11H20OSi. The van der Waals surface area contributed by atoms with E-state index in [1.54, 1.807) is 0 Å². The van der Waals surface area contributed by atoms with Gasteiger partial charge in [0.25, 0.3) is 0 Å². The molecule has 0 unspecified atom stereocenters. The van der Waals surface area contributed by atoms with Crippen LogP contribution in [0.4, 0.5) is 0 Å². The zero-order chi connectivity index (χ0) is 10.1. The molecule has 1 nitrogen and oxygen atoms in total. The zero-order valence-electron chi connectivity index (χ0n) is 9.35. The van der Waals surface area contributed by atoms with E-state index in [2.05, 4.69) is 46.0 Å². The summed E-state index contributed by atoms with van der Waals surface area (Å²) in [5.74, 6) is 0. The van der Waals surface area contributed by atoms with E-state index in [-0.39, 0.29) is 6.10 Å². The van der Waals surface area contributed by atoms with Gasteiger partial charge in [-0.25, -0.2) is 0 Å². The lowest BCUT2D eigenvalue weighted by molar-refractivity contribution is 0.255. The number of allylic oxidation sites excluding steroid dienone is 2. The molecule has 0 amide bonds. The van der Waals surface area contributed by atoms with Crippen LogP contribution in [0.1, 0.15) is 20.8 Å². The van der Waals surface area contributed by atoms with Crippen molar-refractivity contribution in [2.45, 2.75) is 46.0 Å². The Labute approximate surface area is 82.6 Å². The van der Waals surface area contributed by atoms with Crippen LogP contribution >= 0.6 is 0 Å². The molecule has 0 fully saturated rings. The molecule has 13 heavy (non-hydrogen) atoms. The molecule has 1 atom stereocenters. The Morgan fingerprint density at radius 1 is 1.62 bits per heavy atom. The Morgan fingerprint density at radius 2 is 2.23 bits per heavy atom. The molecular weight excluding hydrogens is 176 g/mol. The van der Waals surface area contributed by atoms with Crippen molar-refractivity contribution in [2.75, 3.05) is 0 Å². The largest absolute Gasteiger partial charge is 0.407 e. The summed E-state index contributed by atoms with van der Waals surface area (Å²) in [5.41, 5.74) is 2.72. The molecule has 0 bridgehead atoms. The molecule has 0 aliphatic carbocycles. The fourth-order valence-electron chi connectivity index (χ4n) is 1.58. The van der Waals surface area contributed by atoms with E-state index < -0.39 is 8.32 Å². The van der Waals surface area contributed by atoms with Gasteiger partial charge < -0.3 is 4.43 Å². The molecule has 0 saturated carbocycles. The highest BCUT2D eigenvalue weighted by molar-refractivity contribution is 6.71. The van der Waals surface area contributed by atoms with Crippen LogP contribution in [0.15, 0.2) is 23.3 Å². The molecule has 0 aromatic rings. The van der Waals surface area contributed by atoms with Crippen LogP contribution in [0.2, 0.25) is 19.1 Å². The fraction of sp³-hybridized carbons (Fsp3) is 0.636. The second-order valence-electron chi connectivity index (χ2n) is 4.44. The Kier molecular flexibility index (Phi) is 3.14. The van der Waals surface area contributed by atoms with Crippen LogP contribution in [-0.2, 0) is 4.43 Å². The predicted octanol–water partition coefficient (Wildman–Crippen LogP) is 3.50. The van der Waals surface area contributed by atoms with Gasteiger partial charge in [0.05, 0.1) is 6.10 Å². The Bertz CT molecular complexity index is 251. The number of rotatable bonds is 1. The summed E-state index contributed by atoms with van der Waals surface area (Å²) in [6.45, 7) is 11.0.